The summed E-state index contributed by atoms with van der Waals surface area (Å²) in [4.78, 5) is 4.88. The van der Waals surface area contributed by atoms with Gasteiger partial charge >= 0.3 is 6.18 Å². The van der Waals surface area contributed by atoms with Crippen molar-refractivity contribution in [2.75, 3.05) is 24.1 Å². The van der Waals surface area contributed by atoms with E-state index >= 15 is 0 Å². The van der Waals surface area contributed by atoms with E-state index in [4.69, 9.17) is 5.73 Å². The van der Waals surface area contributed by atoms with Crippen molar-refractivity contribution in [2.45, 2.75) is 29.6 Å². The van der Waals surface area contributed by atoms with Crippen LogP contribution in [0.3, 0.4) is 0 Å². The van der Waals surface area contributed by atoms with Gasteiger partial charge in [-0.15, -0.1) is 0 Å². The monoisotopic (exact) mass is 500 g/mol. The number of H-pyrrole nitrogens is 1. The molecule has 5 rings (SSSR count). The molecule has 0 spiro atoms. The third kappa shape index (κ3) is 5.21. The van der Waals surface area contributed by atoms with Crippen molar-refractivity contribution >= 4 is 34.5 Å². The van der Waals surface area contributed by atoms with Crippen molar-refractivity contribution < 1.29 is 18.3 Å². The molecule has 0 bridgehead atoms. The Morgan fingerprint density at radius 1 is 1.09 bits per heavy atom. The first-order valence-electron chi connectivity index (χ1n) is 11.0. The van der Waals surface area contributed by atoms with Gasteiger partial charge in [0.25, 0.3) is 0 Å². The second-order valence-electron chi connectivity index (χ2n) is 8.41. The minimum absolute atomic E-state index is 0.288. The second kappa shape index (κ2) is 9.40. The zero-order valence-electron chi connectivity index (χ0n) is 18.5. The number of pyridine rings is 1. The van der Waals surface area contributed by atoms with Crippen LogP contribution in [0, 0.1) is 0 Å². The van der Waals surface area contributed by atoms with Gasteiger partial charge in [0.05, 0.1) is 23.2 Å². The Labute approximate surface area is 203 Å². The van der Waals surface area contributed by atoms with Gasteiger partial charge in [0.2, 0.25) is 0 Å². The molecule has 7 nitrogen and oxygen atoms in total. The van der Waals surface area contributed by atoms with Crippen LogP contribution in [0.15, 0.2) is 65.7 Å². The molecule has 3 heterocycles. The number of nitrogens with two attached hydrogens (primary N) is 1. The van der Waals surface area contributed by atoms with E-state index in [1.807, 2.05) is 42.5 Å². The number of nitrogens with zero attached hydrogens (tertiary/aromatic N) is 3. The second-order valence-corrected chi connectivity index (χ2v) is 9.58. The van der Waals surface area contributed by atoms with Crippen LogP contribution in [0.2, 0.25) is 0 Å². The third-order valence-electron chi connectivity index (χ3n) is 5.98. The van der Waals surface area contributed by atoms with Gasteiger partial charge in [-0.05, 0) is 65.9 Å². The first-order valence-corrected chi connectivity index (χ1v) is 11.8. The number of nitrogen functional groups attached to an aromatic ring is 1. The van der Waals surface area contributed by atoms with E-state index in [0.717, 1.165) is 39.2 Å². The lowest BCUT2D eigenvalue weighted by Gasteiger charge is -2.35. The molecule has 2 aromatic carbocycles. The normalized spacial score (nSPS) is 19.2. The molecule has 35 heavy (non-hydrogen) atoms. The Hall–Kier alpha value is -3.28. The van der Waals surface area contributed by atoms with Crippen LogP contribution in [0.5, 0.6) is 0 Å². The molecule has 2 aromatic heterocycles. The lowest BCUT2D eigenvalue weighted by Crippen LogP contribution is -2.47. The summed E-state index contributed by atoms with van der Waals surface area (Å²) in [6, 6.07) is 16.1. The number of rotatable bonds is 5. The van der Waals surface area contributed by atoms with E-state index in [-0.39, 0.29) is 6.04 Å². The fourth-order valence-corrected chi connectivity index (χ4v) is 5.04. The molecule has 1 saturated heterocycles. The van der Waals surface area contributed by atoms with Gasteiger partial charge in [0.1, 0.15) is 5.82 Å². The van der Waals surface area contributed by atoms with Crippen LogP contribution in [-0.2, 0) is 6.18 Å². The molecule has 0 aliphatic carbocycles. The number of anilines is 2. The number of aliphatic hydroxyl groups is 1. The van der Waals surface area contributed by atoms with Gasteiger partial charge in [0.15, 0.2) is 5.82 Å². The largest absolute Gasteiger partial charge is 0.417 e. The van der Waals surface area contributed by atoms with Gasteiger partial charge in [-0.25, -0.2) is 9.29 Å². The molecule has 1 fully saturated rings. The average molecular weight is 501 g/mol. The molecule has 1 aliphatic rings. The van der Waals surface area contributed by atoms with Gasteiger partial charge in [-0.2, -0.15) is 18.3 Å². The maximum atomic E-state index is 12.7. The predicted octanol–water partition coefficient (Wildman–Crippen LogP) is 4.78. The van der Waals surface area contributed by atoms with Crippen molar-refractivity contribution in [1.82, 2.24) is 19.5 Å². The highest BCUT2D eigenvalue weighted by atomic mass is 32.2. The molecular weight excluding hydrogens is 477 g/mol. The Balaban J connectivity index is 1.17. The number of alkyl halides is 3. The molecule has 182 valence electrons. The highest BCUT2D eigenvalue weighted by Gasteiger charge is 2.31. The van der Waals surface area contributed by atoms with Crippen molar-refractivity contribution in [2.24, 2.45) is 0 Å². The van der Waals surface area contributed by atoms with E-state index in [1.54, 1.807) is 11.9 Å². The van der Waals surface area contributed by atoms with E-state index in [0.29, 0.717) is 31.1 Å². The van der Waals surface area contributed by atoms with Crippen LogP contribution in [0.1, 0.15) is 12.0 Å². The SMILES string of the molecule is Nc1n[nH]c2ccc(-c3ccc(SN4CCC(Nc5ccc(C(F)(F)F)cn5)C(O)C4)cc3)cc12. The smallest absolute Gasteiger partial charge is 0.390 e. The molecule has 0 amide bonds. The van der Waals surface area contributed by atoms with Crippen LogP contribution in [0.25, 0.3) is 22.0 Å². The molecule has 4 aromatic rings. The van der Waals surface area contributed by atoms with Crippen LogP contribution >= 0.6 is 11.9 Å². The summed E-state index contributed by atoms with van der Waals surface area (Å²) in [6.07, 6.45) is -3.69. The molecule has 1 aliphatic heterocycles. The fourth-order valence-electron chi connectivity index (χ4n) is 4.06. The highest BCUT2D eigenvalue weighted by Crippen LogP contribution is 2.32. The fraction of sp³-hybridized carbons (Fsp3) is 0.250. The van der Waals surface area contributed by atoms with Crippen molar-refractivity contribution in [3.05, 3.63) is 66.4 Å². The number of aliphatic hydroxyl groups excluding tert-OH is 1. The van der Waals surface area contributed by atoms with Crippen LogP contribution in [-0.4, -0.2) is 49.8 Å². The first-order chi connectivity index (χ1) is 16.8. The number of aromatic nitrogens is 3. The minimum atomic E-state index is -4.42. The maximum absolute atomic E-state index is 12.7. The molecule has 0 radical (unpaired) electrons. The Bertz CT molecular complexity index is 1310. The minimum Gasteiger partial charge on any atom is -0.390 e. The zero-order chi connectivity index (χ0) is 24.6. The average Bonchev–Trinajstić information content (AvgIpc) is 3.21. The highest BCUT2D eigenvalue weighted by molar-refractivity contribution is 7.97. The topological polar surface area (TPSA) is 103 Å². The Morgan fingerprint density at radius 2 is 1.86 bits per heavy atom. The number of β-amino-alcohol motifs (C(OH)–C–C–N with tert-alkyl or cyclic N) is 1. The molecule has 5 N–H and O–H groups in total. The summed E-state index contributed by atoms with van der Waals surface area (Å²) >= 11 is 1.56. The summed E-state index contributed by atoms with van der Waals surface area (Å²) in [6.45, 7) is 1.12. The summed E-state index contributed by atoms with van der Waals surface area (Å²) in [7, 11) is 0. The lowest BCUT2D eigenvalue weighted by molar-refractivity contribution is -0.137. The zero-order valence-corrected chi connectivity index (χ0v) is 19.3. The number of halogens is 3. The summed E-state index contributed by atoms with van der Waals surface area (Å²) in [5, 5.41) is 21.5. The maximum Gasteiger partial charge on any atom is 0.417 e. The van der Waals surface area contributed by atoms with Crippen LogP contribution in [0.4, 0.5) is 24.8 Å². The van der Waals surface area contributed by atoms with E-state index < -0.39 is 17.8 Å². The summed E-state index contributed by atoms with van der Waals surface area (Å²) in [5.74, 6) is 0.786. The van der Waals surface area contributed by atoms with E-state index in [1.165, 1.54) is 6.07 Å². The van der Waals surface area contributed by atoms with Gasteiger partial charge in [-0.3, -0.25) is 5.10 Å². The molecule has 2 unspecified atom stereocenters. The van der Waals surface area contributed by atoms with Crippen molar-refractivity contribution in [1.29, 1.82) is 0 Å². The van der Waals surface area contributed by atoms with E-state index in [9.17, 15) is 18.3 Å². The van der Waals surface area contributed by atoms with Crippen molar-refractivity contribution in [3.8, 4) is 11.1 Å². The lowest BCUT2D eigenvalue weighted by atomic mass is 10.0. The van der Waals surface area contributed by atoms with Crippen LogP contribution < -0.4 is 11.1 Å². The number of fused-ring (bicyclic) bond motifs is 1. The first kappa shape index (κ1) is 23.5. The predicted molar refractivity (Wildman–Crippen MR) is 131 cm³/mol. The van der Waals surface area contributed by atoms with Crippen molar-refractivity contribution in [3.63, 3.8) is 0 Å². The van der Waals surface area contributed by atoms with Gasteiger partial charge in [-0.1, -0.05) is 18.2 Å². The van der Waals surface area contributed by atoms with Gasteiger partial charge in [0, 0.05) is 29.6 Å². The third-order valence-corrected chi connectivity index (χ3v) is 7.06. The summed E-state index contributed by atoms with van der Waals surface area (Å²) < 4.78 is 40.2. The molecule has 2 atom stereocenters. The number of nitrogens with one attached hydrogen (secondary N) is 2. The Morgan fingerprint density at radius 3 is 2.54 bits per heavy atom. The number of hydrogen-bond acceptors (Lipinski definition) is 7. The molecular formula is C24H23F3N6OS. The number of aromatic amines is 1. The van der Waals surface area contributed by atoms with E-state index in [2.05, 4.69) is 24.8 Å². The number of hydrogen-bond donors (Lipinski definition) is 4. The number of piperidine rings is 1. The molecule has 11 heteroatoms. The molecule has 0 saturated carbocycles. The van der Waals surface area contributed by atoms with Gasteiger partial charge < -0.3 is 16.2 Å². The number of benzene rings is 2. The standard InChI is InChI=1S/C24H23F3N6OS/c25-24(26,27)16-4-8-22(29-12-16)30-20-9-10-33(13-21(20)34)35-17-5-1-14(2-6-17)15-3-7-19-18(11-15)23(28)32-31-19/h1-8,11-12,20-21,34H,9-10,13H2,(H,29,30)(H3,28,31,32). The Kier molecular flexibility index (Phi) is 6.30. The summed E-state index contributed by atoms with van der Waals surface area (Å²) in [5.41, 5.74) is 8.11. The quantitative estimate of drug-likeness (QED) is 0.293.